The molecule has 98 valence electrons. The van der Waals surface area contributed by atoms with Gasteiger partial charge in [0.1, 0.15) is 0 Å². The fraction of sp³-hybridized carbons (Fsp3) is 0.625. The Hall–Kier alpha value is -0.470. The highest BCUT2D eigenvalue weighted by Crippen LogP contribution is 2.43. The molecule has 0 radical (unpaired) electrons. The lowest BCUT2D eigenvalue weighted by molar-refractivity contribution is 0.383. The minimum absolute atomic E-state index is 0.460. The van der Waals surface area contributed by atoms with E-state index < -0.39 is 0 Å². The van der Waals surface area contributed by atoms with E-state index in [4.69, 9.17) is 5.73 Å². The van der Waals surface area contributed by atoms with Crippen LogP contribution >= 0.6 is 11.8 Å². The van der Waals surface area contributed by atoms with Crippen LogP contribution in [0.2, 0.25) is 0 Å². The summed E-state index contributed by atoms with van der Waals surface area (Å²) in [6, 6.07) is 9.42. The fourth-order valence-corrected chi connectivity index (χ4v) is 4.82. The molecule has 0 spiro atoms. The molecule has 1 aromatic carbocycles. The second-order valence-electron chi connectivity index (χ2n) is 5.93. The third kappa shape index (κ3) is 2.75. The van der Waals surface area contributed by atoms with Crippen LogP contribution in [0.5, 0.6) is 0 Å². The molecule has 1 fully saturated rings. The lowest BCUT2D eigenvalue weighted by Crippen LogP contribution is -2.22. The standard InChI is InChI=1S/C16H23NS/c17-14-6-2-1-5-12(10-14)9-13-11-18-16-8-4-3-7-15(13)16/h3-4,7-8,12-14H,1-2,5-6,9-11,17H2. The van der Waals surface area contributed by atoms with Gasteiger partial charge in [0.25, 0.3) is 0 Å². The summed E-state index contributed by atoms with van der Waals surface area (Å²) < 4.78 is 0. The molecule has 1 aliphatic heterocycles. The van der Waals surface area contributed by atoms with Gasteiger partial charge in [-0.15, -0.1) is 11.8 Å². The first-order valence-electron chi connectivity index (χ1n) is 7.30. The van der Waals surface area contributed by atoms with Gasteiger partial charge in [-0.2, -0.15) is 0 Å². The molecule has 1 aliphatic carbocycles. The molecule has 2 heteroatoms. The predicted octanol–water partition coefficient (Wildman–Crippen LogP) is 4.17. The molecular formula is C16H23NS. The zero-order chi connectivity index (χ0) is 12.4. The second kappa shape index (κ2) is 5.66. The van der Waals surface area contributed by atoms with Crippen molar-refractivity contribution in [2.24, 2.45) is 11.7 Å². The van der Waals surface area contributed by atoms with Crippen LogP contribution in [0, 0.1) is 5.92 Å². The largest absolute Gasteiger partial charge is 0.328 e. The van der Waals surface area contributed by atoms with E-state index in [-0.39, 0.29) is 0 Å². The van der Waals surface area contributed by atoms with Crippen LogP contribution in [0.1, 0.15) is 50.0 Å². The van der Waals surface area contributed by atoms with Gasteiger partial charge in [0.15, 0.2) is 0 Å². The minimum atomic E-state index is 0.460. The maximum absolute atomic E-state index is 6.19. The highest BCUT2D eigenvalue weighted by Gasteiger charge is 2.27. The number of hydrogen-bond donors (Lipinski definition) is 1. The van der Waals surface area contributed by atoms with Gasteiger partial charge in [-0.25, -0.2) is 0 Å². The van der Waals surface area contributed by atoms with E-state index in [9.17, 15) is 0 Å². The number of hydrogen-bond acceptors (Lipinski definition) is 2. The summed E-state index contributed by atoms with van der Waals surface area (Å²) in [6.45, 7) is 0. The summed E-state index contributed by atoms with van der Waals surface area (Å²) in [5.41, 5.74) is 7.79. The third-order valence-corrected chi connectivity index (χ3v) is 5.74. The molecule has 1 heterocycles. The van der Waals surface area contributed by atoms with Crippen molar-refractivity contribution in [1.29, 1.82) is 0 Å². The molecule has 0 bridgehead atoms. The first-order chi connectivity index (χ1) is 8.83. The van der Waals surface area contributed by atoms with Crippen LogP contribution in [0.3, 0.4) is 0 Å². The first kappa shape index (κ1) is 12.6. The molecular weight excluding hydrogens is 238 g/mol. The SMILES string of the molecule is NC1CCCCC(CC2CSc3ccccc32)C1. The van der Waals surface area contributed by atoms with Crippen LogP contribution in [-0.4, -0.2) is 11.8 Å². The van der Waals surface area contributed by atoms with Gasteiger partial charge >= 0.3 is 0 Å². The number of fused-ring (bicyclic) bond motifs is 1. The number of rotatable bonds is 2. The number of benzene rings is 1. The summed E-state index contributed by atoms with van der Waals surface area (Å²) in [4.78, 5) is 1.51. The summed E-state index contributed by atoms with van der Waals surface area (Å²) in [6.07, 6.45) is 7.98. The van der Waals surface area contributed by atoms with Crippen LogP contribution in [0.4, 0.5) is 0 Å². The smallest absolute Gasteiger partial charge is 0.0107 e. The van der Waals surface area contributed by atoms with Crippen molar-refractivity contribution in [1.82, 2.24) is 0 Å². The Bertz CT molecular complexity index is 404. The summed E-state index contributed by atoms with van der Waals surface area (Å²) in [7, 11) is 0. The van der Waals surface area contributed by atoms with E-state index in [1.165, 1.54) is 49.2 Å². The van der Waals surface area contributed by atoms with Gasteiger partial charge in [-0.05, 0) is 42.7 Å². The lowest BCUT2D eigenvalue weighted by Gasteiger charge is -2.21. The normalized spacial score (nSPS) is 31.9. The quantitative estimate of drug-likeness (QED) is 0.808. The Morgan fingerprint density at radius 2 is 2.00 bits per heavy atom. The Labute approximate surface area is 115 Å². The Morgan fingerprint density at radius 3 is 2.94 bits per heavy atom. The zero-order valence-corrected chi connectivity index (χ0v) is 11.8. The van der Waals surface area contributed by atoms with Crippen molar-refractivity contribution in [3.8, 4) is 0 Å². The van der Waals surface area contributed by atoms with Crippen LogP contribution in [-0.2, 0) is 0 Å². The van der Waals surface area contributed by atoms with Crippen LogP contribution < -0.4 is 5.73 Å². The van der Waals surface area contributed by atoms with Crippen molar-refractivity contribution in [2.45, 2.75) is 55.4 Å². The average molecular weight is 261 g/mol. The monoisotopic (exact) mass is 261 g/mol. The average Bonchev–Trinajstić information content (AvgIpc) is 2.66. The van der Waals surface area contributed by atoms with Gasteiger partial charge in [0, 0.05) is 16.7 Å². The van der Waals surface area contributed by atoms with Gasteiger partial charge in [0.2, 0.25) is 0 Å². The van der Waals surface area contributed by atoms with E-state index in [1.807, 2.05) is 11.8 Å². The molecule has 0 amide bonds. The number of nitrogens with two attached hydrogens (primary N) is 1. The fourth-order valence-electron chi connectivity index (χ4n) is 3.54. The molecule has 1 nitrogen and oxygen atoms in total. The van der Waals surface area contributed by atoms with Crippen molar-refractivity contribution in [3.05, 3.63) is 29.8 Å². The summed E-state index contributed by atoms with van der Waals surface area (Å²) >= 11 is 2.04. The highest BCUT2D eigenvalue weighted by atomic mass is 32.2. The molecule has 18 heavy (non-hydrogen) atoms. The Morgan fingerprint density at radius 1 is 1.17 bits per heavy atom. The number of thioether (sulfide) groups is 1. The summed E-state index contributed by atoms with van der Waals surface area (Å²) in [5, 5.41) is 0. The molecule has 1 saturated carbocycles. The van der Waals surface area contributed by atoms with Gasteiger partial charge < -0.3 is 5.73 Å². The van der Waals surface area contributed by atoms with Crippen molar-refractivity contribution in [2.75, 3.05) is 5.75 Å². The molecule has 2 aliphatic rings. The van der Waals surface area contributed by atoms with E-state index in [1.54, 1.807) is 5.56 Å². The molecule has 3 unspecified atom stereocenters. The maximum atomic E-state index is 6.19. The Balaban J connectivity index is 1.66. The molecule has 3 atom stereocenters. The lowest BCUT2D eigenvalue weighted by atomic mass is 9.85. The van der Waals surface area contributed by atoms with Crippen molar-refractivity contribution in [3.63, 3.8) is 0 Å². The highest BCUT2D eigenvalue weighted by molar-refractivity contribution is 7.99. The topological polar surface area (TPSA) is 26.0 Å². The van der Waals surface area contributed by atoms with Gasteiger partial charge in [-0.1, -0.05) is 37.5 Å². The minimum Gasteiger partial charge on any atom is -0.328 e. The van der Waals surface area contributed by atoms with Crippen molar-refractivity contribution < 1.29 is 0 Å². The second-order valence-corrected chi connectivity index (χ2v) is 6.99. The predicted molar refractivity (Wildman–Crippen MR) is 79.1 cm³/mol. The molecule has 1 aromatic rings. The summed E-state index contributed by atoms with van der Waals surface area (Å²) in [5.74, 6) is 2.92. The Kier molecular flexibility index (Phi) is 3.95. The van der Waals surface area contributed by atoms with Crippen LogP contribution in [0.15, 0.2) is 29.2 Å². The van der Waals surface area contributed by atoms with Crippen LogP contribution in [0.25, 0.3) is 0 Å². The zero-order valence-electron chi connectivity index (χ0n) is 11.0. The van der Waals surface area contributed by atoms with E-state index >= 15 is 0 Å². The third-order valence-electron chi connectivity index (χ3n) is 4.49. The molecule has 0 saturated heterocycles. The van der Waals surface area contributed by atoms with Gasteiger partial charge in [-0.3, -0.25) is 0 Å². The van der Waals surface area contributed by atoms with Gasteiger partial charge in [0.05, 0.1) is 0 Å². The van der Waals surface area contributed by atoms with E-state index in [2.05, 4.69) is 24.3 Å². The van der Waals surface area contributed by atoms with Crippen molar-refractivity contribution >= 4 is 11.8 Å². The van der Waals surface area contributed by atoms with E-state index in [0.29, 0.717) is 6.04 Å². The van der Waals surface area contributed by atoms with E-state index in [0.717, 1.165) is 11.8 Å². The molecule has 0 aromatic heterocycles. The first-order valence-corrected chi connectivity index (χ1v) is 8.29. The maximum Gasteiger partial charge on any atom is 0.0107 e. The molecule has 3 rings (SSSR count). The molecule has 2 N–H and O–H groups in total.